The highest BCUT2D eigenvalue weighted by Gasteiger charge is 2.26. The van der Waals surface area contributed by atoms with Gasteiger partial charge in [0, 0.05) is 25.5 Å². The van der Waals surface area contributed by atoms with E-state index >= 15 is 0 Å². The number of ether oxygens (including phenoxy) is 1. The fourth-order valence-electron chi connectivity index (χ4n) is 3.07. The van der Waals surface area contributed by atoms with Crippen LogP contribution < -0.4 is 5.32 Å². The lowest BCUT2D eigenvalue weighted by Gasteiger charge is -2.26. The number of hydrogen-bond donors (Lipinski definition) is 1. The molecule has 0 aliphatic heterocycles. The minimum atomic E-state index is 0.225. The van der Waals surface area contributed by atoms with E-state index in [1.54, 1.807) is 7.11 Å². The first-order valence-electron chi connectivity index (χ1n) is 7.75. The van der Waals surface area contributed by atoms with Gasteiger partial charge < -0.3 is 14.6 Å². The number of likely N-dealkylation sites (N-methyl/N-ethyl adjacent to an activating group) is 1. The van der Waals surface area contributed by atoms with Gasteiger partial charge in [0.25, 0.3) is 0 Å². The maximum Gasteiger partial charge on any atom is 0.228 e. The summed E-state index contributed by atoms with van der Waals surface area (Å²) in [7, 11) is 3.63. The number of rotatable bonds is 7. The van der Waals surface area contributed by atoms with Gasteiger partial charge in [0.2, 0.25) is 5.89 Å². The summed E-state index contributed by atoms with van der Waals surface area (Å²) < 4.78 is 10.6. The van der Waals surface area contributed by atoms with Crippen LogP contribution in [0.15, 0.2) is 4.52 Å². The SMILES string of the molecule is CCC1CCCC(c2noc(CC(COC)NC)n2)C1. The average Bonchev–Trinajstić information content (AvgIpc) is 2.95. The Morgan fingerprint density at radius 1 is 1.45 bits per heavy atom. The van der Waals surface area contributed by atoms with Gasteiger partial charge in [0.15, 0.2) is 5.82 Å². The molecule has 1 aliphatic rings. The van der Waals surface area contributed by atoms with Crippen LogP contribution in [0.5, 0.6) is 0 Å². The zero-order chi connectivity index (χ0) is 14.4. The number of aromatic nitrogens is 2. The smallest absolute Gasteiger partial charge is 0.228 e. The average molecular weight is 281 g/mol. The van der Waals surface area contributed by atoms with Gasteiger partial charge in [0.05, 0.1) is 6.61 Å². The quantitative estimate of drug-likeness (QED) is 0.832. The molecule has 0 spiro atoms. The molecule has 0 saturated heterocycles. The van der Waals surface area contributed by atoms with E-state index in [2.05, 4.69) is 22.4 Å². The predicted octanol–water partition coefficient (Wildman–Crippen LogP) is 2.53. The zero-order valence-corrected chi connectivity index (χ0v) is 12.9. The summed E-state index contributed by atoms with van der Waals surface area (Å²) in [6.07, 6.45) is 7.04. The standard InChI is InChI=1S/C15H27N3O2/c1-4-11-6-5-7-12(8-11)15-17-14(20-18-15)9-13(16-2)10-19-3/h11-13,16H,4-10H2,1-3H3. The lowest BCUT2D eigenvalue weighted by molar-refractivity contribution is 0.165. The van der Waals surface area contributed by atoms with Crippen LogP contribution in [0.1, 0.15) is 56.7 Å². The van der Waals surface area contributed by atoms with Gasteiger partial charge in [-0.1, -0.05) is 31.3 Å². The number of nitrogens with one attached hydrogen (secondary N) is 1. The van der Waals surface area contributed by atoms with Crippen molar-refractivity contribution in [2.75, 3.05) is 20.8 Å². The van der Waals surface area contributed by atoms with Crippen molar-refractivity contribution in [3.05, 3.63) is 11.7 Å². The molecular weight excluding hydrogens is 254 g/mol. The molecule has 1 aliphatic carbocycles. The van der Waals surface area contributed by atoms with Crippen LogP contribution in [0, 0.1) is 5.92 Å². The third-order valence-corrected chi connectivity index (χ3v) is 4.41. The molecule has 20 heavy (non-hydrogen) atoms. The summed E-state index contributed by atoms with van der Waals surface area (Å²) in [5.41, 5.74) is 0. The molecule has 1 saturated carbocycles. The first kappa shape index (κ1) is 15.4. The van der Waals surface area contributed by atoms with Crippen molar-refractivity contribution in [3.8, 4) is 0 Å². The molecular formula is C15H27N3O2. The summed E-state index contributed by atoms with van der Waals surface area (Å²) in [5.74, 6) is 2.94. The monoisotopic (exact) mass is 281 g/mol. The second-order valence-electron chi connectivity index (χ2n) is 5.83. The van der Waals surface area contributed by atoms with Gasteiger partial charge in [-0.25, -0.2) is 0 Å². The second kappa shape index (κ2) is 7.74. The highest BCUT2D eigenvalue weighted by atomic mass is 16.5. The summed E-state index contributed by atoms with van der Waals surface area (Å²) >= 11 is 0. The molecule has 5 heteroatoms. The third kappa shape index (κ3) is 4.03. The van der Waals surface area contributed by atoms with E-state index in [1.807, 2.05) is 7.05 Å². The lowest BCUT2D eigenvalue weighted by atomic mass is 9.80. The van der Waals surface area contributed by atoms with Crippen LogP contribution in [0.3, 0.4) is 0 Å². The molecule has 2 rings (SSSR count). The van der Waals surface area contributed by atoms with Gasteiger partial charge >= 0.3 is 0 Å². The maximum absolute atomic E-state index is 5.41. The largest absolute Gasteiger partial charge is 0.383 e. The molecule has 1 aromatic rings. The summed E-state index contributed by atoms with van der Waals surface area (Å²) in [4.78, 5) is 4.60. The molecule has 0 aromatic carbocycles. The molecule has 114 valence electrons. The van der Waals surface area contributed by atoms with Crippen molar-refractivity contribution in [3.63, 3.8) is 0 Å². The van der Waals surface area contributed by atoms with E-state index in [4.69, 9.17) is 9.26 Å². The Kier molecular flexibility index (Phi) is 5.98. The second-order valence-corrected chi connectivity index (χ2v) is 5.83. The van der Waals surface area contributed by atoms with E-state index < -0.39 is 0 Å². The van der Waals surface area contributed by atoms with E-state index in [1.165, 1.54) is 32.1 Å². The molecule has 1 heterocycles. The fourth-order valence-corrected chi connectivity index (χ4v) is 3.07. The predicted molar refractivity (Wildman–Crippen MR) is 77.7 cm³/mol. The summed E-state index contributed by atoms with van der Waals surface area (Å²) in [6, 6.07) is 0.225. The highest BCUT2D eigenvalue weighted by Crippen LogP contribution is 2.36. The molecule has 0 radical (unpaired) electrons. The van der Waals surface area contributed by atoms with Crippen molar-refractivity contribution >= 4 is 0 Å². The Morgan fingerprint density at radius 2 is 2.30 bits per heavy atom. The number of hydrogen-bond acceptors (Lipinski definition) is 5. The molecule has 0 amide bonds. The van der Waals surface area contributed by atoms with Gasteiger partial charge in [0.1, 0.15) is 0 Å². The Hall–Kier alpha value is -0.940. The van der Waals surface area contributed by atoms with Crippen LogP contribution in [0.2, 0.25) is 0 Å². The highest BCUT2D eigenvalue weighted by molar-refractivity contribution is 4.99. The molecule has 1 fully saturated rings. The first-order chi connectivity index (χ1) is 9.76. The topological polar surface area (TPSA) is 60.2 Å². The molecule has 0 bridgehead atoms. The molecule has 1 N–H and O–H groups in total. The molecule has 3 unspecified atom stereocenters. The van der Waals surface area contributed by atoms with E-state index in [9.17, 15) is 0 Å². The van der Waals surface area contributed by atoms with Gasteiger partial charge in [-0.2, -0.15) is 4.98 Å². The van der Waals surface area contributed by atoms with E-state index in [-0.39, 0.29) is 6.04 Å². The third-order valence-electron chi connectivity index (χ3n) is 4.41. The Morgan fingerprint density at radius 3 is 3.00 bits per heavy atom. The fraction of sp³-hybridized carbons (Fsp3) is 0.867. The molecule has 5 nitrogen and oxygen atoms in total. The van der Waals surface area contributed by atoms with Crippen molar-refractivity contribution in [2.24, 2.45) is 5.92 Å². The summed E-state index contributed by atoms with van der Waals surface area (Å²) in [5, 5.41) is 7.41. The van der Waals surface area contributed by atoms with Crippen molar-refractivity contribution in [1.82, 2.24) is 15.5 Å². The van der Waals surface area contributed by atoms with Crippen LogP contribution in [-0.2, 0) is 11.2 Å². The van der Waals surface area contributed by atoms with Crippen LogP contribution >= 0.6 is 0 Å². The minimum Gasteiger partial charge on any atom is -0.383 e. The summed E-state index contributed by atoms with van der Waals surface area (Å²) in [6.45, 7) is 2.92. The zero-order valence-electron chi connectivity index (χ0n) is 12.9. The van der Waals surface area contributed by atoms with Crippen molar-refractivity contribution < 1.29 is 9.26 Å². The maximum atomic E-state index is 5.41. The first-order valence-corrected chi connectivity index (χ1v) is 7.75. The molecule has 3 atom stereocenters. The van der Waals surface area contributed by atoms with Crippen molar-refractivity contribution in [2.45, 2.75) is 57.4 Å². The van der Waals surface area contributed by atoms with Crippen LogP contribution in [0.25, 0.3) is 0 Å². The van der Waals surface area contributed by atoms with Gasteiger partial charge in [-0.3, -0.25) is 0 Å². The van der Waals surface area contributed by atoms with Crippen molar-refractivity contribution in [1.29, 1.82) is 0 Å². The number of methoxy groups -OCH3 is 1. The van der Waals surface area contributed by atoms with Crippen LogP contribution in [0.4, 0.5) is 0 Å². The normalized spacial score (nSPS) is 24.8. The lowest BCUT2D eigenvalue weighted by Crippen LogP contribution is -2.32. The minimum absolute atomic E-state index is 0.225. The molecule has 1 aromatic heterocycles. The Balaban J connectivity index is 1.94. The van der Waals surface area contributed by atoms with E-state index in [0.717, 1.165) is 24.1 Å². The number of nitrogens with zero attached hydrogens (tertiary/aromatic N) is 2. The Bertz CT molecular complexity index is 394. The Labute approximate surface area is 121 Å². The van der Waals surface area contributed by atoms with Crippen LogP contribution in [-0.4, -0.2) is 36.9 Å². The van der Waals surface area contributed by atoms with Gasteiger partial charge in [-0.05, 0) is 25.8 Å². The van der Waals surface area contributed by atoms with E-state index in [0.29, 0.717) is 12.5 Å². The van der Waals surface area contributed by atoms with Gasteiger partial charge in [-0.15, -0.1) is 0 Å².